The molecule has 3 N–H and O–H groups in total. The van der Waals surface area contributed by atoms with E-state index in [4.69, 9.17) is 23.7 Å². The molecule has 0 amide bonds. The molecule has 0 aromatic heterocycles. The summed E-state index contributed by atoms with van der Waals surface area (Å²) in [5.41, 5.74) is 2.79. The summed E-state index contributed by atoms with van der Waals surface area (Å²) >= 11 is 0. The Balaban J connectivity index is 1.45. The Hall–Kier alpha value is -2.66. The van der Waals surface area contributed by atoms with E-state index < -0.39 is 61.8 Å². The monoisotopic (exact) mass is 634 g/mol. The van der Waals surface area contributed by atoms with Crippen molar-refractivity contribution in [2.24, 2.45) is 22.7 Å². The molecule has 1 aliphatic heterocycles. The van der Waals surface area contributed by atoms with Gasteiger partial charge in [-0.15, -0.1) is 0 Å². The van der Waals surface area contributed by atoms with Crippen LogP contribution in [0.15, 0.2) is 47.6 Å². The second-order valence-corrected chi connectivity index (χ2v) is 13.9. The van der Waals surface area contributed by atoms with Crippen LogP contribution in [0.3, 0.4) is 0 Å². The number of rotatable bonds is 11. The van der Waals surface area contributed by atoms with Crippen LogP contribution < -0.4 is 0 Å². The molecule has 10 nitrogen and oxygen atoms in total. The average molecular weight is 635 g/mol. The number of hydrogen-bond donors (Lipinski definition) is 3. The fourth-order valence-electron chi connectivity index (χ4n) is 6.65. The molecule has 254 valence electrons. The van der Waals surface area contributed by atoms with Gasteiger partial charge in [0.05, 0.1) is 0 Å². The zero-order valence-electron chi connectivity index (χ0n) is 28.2. The summed E-state index contributed by atoms with van der Waals surface area (Å²) in [5, 5.41) is 31.6. The van der Waals surface area contributed by atoms with E-state index in [1.165, 1.54) is 11.1 Å². The van der Waals surface area contributed by atoms with Gasteiger partial charge in [-0.1, -0.05) is 63.1 Å². The van der Waals surface area contributed by atoms with Crippen molar-refractivity contribution >= 4 is 12.3 Å². The molecule has 1 fully saturated rings. The van der Waals surface area contributed by atoms with E-state index in [2.05, 4.69) is 59.8 Å². The van der Waals surface area contributed by atoms with E-state index >= 15 is 0 Å². The zero-order chi connectivity index (χ0) is 33.6. The van der Waals surface area contributed by atoms with Gasteiger partial charge in [0, 0.05) is 11.8 Å². The number of ether oxygens (including phenoxy) is 5. The maximum atomic E-state index is 12.3. The van der Waals surface area contributed by atoms with Crippen molar-refractivity contribution in [3.63, 3.8) is 0 Å². The highest BCUT2D eigenvalue weighted by atomic mass is 16.8. The third-order valence-electron chi connectivity index (χ3n) is 9.82. The first-order valence-corrected chi connectivity index (χ1v) is 16.1. The number of aliphatic hydroxyl groups excluding tert-OH is 2. The van der Waals surface area contributed by atoms with Crippen LogP contribution in [-0.4, -0.2) is 77.2 Å². The number of hydrogen-bond acceptors (Lipinski definition) is 10. The summed E-state index contributed by atoms with van der Waals surface area (Å²) < 4.78 is 26.1. The van der Waals surface area contributed by atoms with Gasteiger partial charge in [0.2, 0.25) is 5.79 Å². The fourth-order valence-corrected chi connectivity index (χ4v) is 6.65. The van der Waals surface area contributed by atoms with Crippen molar-refractivity contribution in [3.8, 4) is 0 Å². The normalized spacial score (nSPS) is 34.6. The van der Waals surface area contributed by atoms with Gasteiger partial charge < -0.3 is 39.0 Å². The third-order valence-corrected chi connectivity index (χ3v) is 9.82. The smallest absolute Gasteiger partial charge is 0.431 e. The van der Waals surface area contributed by atoms with Gasteiger partial charge in [0.1, 0.15) is 37.1 Å². The number of aliphatic hydroxyl groups is 3. The quantitative estimate of drug-likeness (QED) is 0.179. The molecule has 3 aliphatic rings. The summed E-state index contributed by atoms with van der Waals surface area (Å²) in [7, 11) is 0. The van der Waals surface area contributed by atoms with Crippen LogP contribution in [0.25, 0.3) is 0 Å². The highest BCUT2D eigenvalue weighted by Crippen LogP contribution is 2.45. The number of allylic oxidation sites excluding steroid dienone is 6. The molecule has 0 aromatic rings. The molecule has 10 heteroatoms. The second kappa shape index (κ2) is 15.3. The Labute approximate surface area is 268 Å². The van der Waals surface area contributed by atoms with E-state index in [1.807, 2.05) is 12.2 Å². The molecule has 0 spiro atoms. The highest BCUT2D eigenvalue weighted by Gasteiger charge is 2.55. The van der Waals surface area contributed by atoms with E-state index in [0.717, 1.165) is 32.1 Å². The molecule has 2 aliphatic carbocycles. The Morgan fingerprint density at radius 3 is 2.04 bits per heavy atom. The van der Waals surface area contributed by atoms with Gasteiger partial charge in [-0.3, -0.25) is 0 Å². The lowest BCUT2D eigenvalue weighted by Crippen LogP contribution is -2.47. The van der Waals surface area contributed by atoms with Gasteiger partial charge >= 0.3 is 12.3 Å². The molecule has 9 atom stereocenters. The number of carbonyl (C=O) groups is 2. The number of carbonyl (C=O) groups excluding carboxylic acids is 2. The van der Waals surface area contributed by atoms with Gasteiger partial charge in [-0.05, 0) is 82.8 Å². The van der Waals surface area contributed by atoms with Crippen molar-refractivity contribution in [1.29, 1.82) is 0 Å². The first-order chi connectivity index (χ1) is 21.0. The summed E-state index contributed by atoms with van der Waals surface area (Å²) in [6, 6.07) is 0. The molecule has 0 radical (unpaired) electrons. The van der Waals surface area contributed by atoms with E-state index in [1.54, 1.807) is 19.9 Å². The Morgan fingerprint density at radius 1 is 0.933 bits per heavy atom. The standard InChI is InChI=1S/C35H54O10/c1-9-34(8)19-11-13-23(3)27(34)17-15-25(5)43-31(38)41-20-28-29(36)30(37)35(40,45-28)21-42-32(39)44-24(4)14-16-26-22(2)12-10-18-33(26,6)7/h12-17,24-30,36-37,40H,9-11,18-21H2,1-8H3/b16-14+,17-15+/t24?,25?,26?,27?,28-,29-,30+,34?,35+/m1/s1. The average Bonchev–Trinajstić information content (AvgIpc) is 3.17. The minimum absolute atomic E-state index is 0.0878. The molecule has 1 heterocycles. The minimum atomic E-state index is -2.43. The molecule has 0 saturated carbocycles. The van der Waals surface area contributed by atoms with Gasteiger partial charge in [0.15, 0.2) is 6.61 Å². The summed E-state index contributed by atoms with van der Waals surface area (Å²) in [6.45, 7) is 15.2. The van der Waals surface area contributed by atoms with Gasteiger partial charge in [-0.2, -0.15) is 0 Å². The second-order valence-electron chi connectivity index (χ2n) is 13.9. The van der Waals surface area contributed by atoms with Crippen molar-refractivity contribution in [2.45, 2.75) is 124 Å². The molecule has 45 heavy (non-hydrogen) atoms. The zero-order valence-corrected chi connectivity index (χ0v) is 28.2. The van der Waals surface area contributed by atoms with Crippen LogP contribution in [-0.2, 0) is 23.7 Å². The molecule has 0 aromatic carbocycles. The predicted octanol–water partition coefficient (Wildman–Crippen LogP) is 6.15. The van der Waals surface area contributed by atoms with E-state index in [9.17, 15) is 24.9 Å². The topological polar surface area (TPSA) is 141 Å². The molecular weight excluding hydrogens is 580 g/mol. The highest BCUT2D eigenvalue weighted by molar-refractivity contribution is 5.60. The lowest BCUT2D eigenvalue weighted by Gasteiger charge is -2.39. The largest absolute Gasteiger partial charge is 0.509 e. The van der Waals surface area contributed by atoms with Gasteiger partial charge in [0.25, 0.3) is 0 Å². The first kappa shape index (κ1) is 36.8. The van der Waals surface area contributed by atoms with Crippen molar-refractivity contribution < 1.29 is 48.6 Å². The summed E-state index contributed by atoms with van der Waals surface area (Å²) in [4.78, 5) is 24.7. The molecule has 0 bridgehead atoms. The minimum Gasteiger partial charge on any atom is -0.431 e. The SMILES string of the molecule is CCC1(C)CCC=C(C)C1/C=C/C(C)OC(=O)OC[C@H]1O[C@@](O)(COC(=O)OC(C)/C=C/C2C(C)=CCCC2(C)C)[C@@H](O)[C@@H]1O. The van der Waals surface area contributed by atoms with Crippen molar-refractivity contribution in [2.75, 3.05) is 13.2 Å². The Kier molecular flexibility index (Phi) is 12.5. The molecular formula is C35H54O10. The molecule has 3 rings (SSSR count). The van der Waals surface area contributed by atoms with Gasteiger partial charge in [-0.25, -0.2) is 9.59 Å². The van der Waals surface area contributed by atoms with Crippen LogP contribution in [0.1, 0.15) is 87.5 Å². The summed E-state index contributed by atoms with van der Waals surface area (Å²) in [6.07, 6.45) is 9.46. The molecule has 5 unspecified atom stereocenters. The van der Waals surface area contributed by atoms with E-state index in [0.29, 0.717) is 0 Å². The lowest BCUT2D eigenvalue weighted by atomic mass is 9.66. The first-order valence-electron chi connectivity index (χ1n) is 16.1. The van der Waals surface area contributed by atoms with Crippen LogP contribution in [0.5, 0.6) is 0 Å². The maximum Gasteiger partial charge on any atom is 0.509 e. The van der Waals surface area contributed by atoms with Crippen molar-refractivity contribution in [3.05, 3.63) is 47.6 Å². The summed E-state index contributed by atoms with van der Waals surface area (Å²) in [5.74, 6) is -1.97. The Bertz CT molecular complexity index is 1160. The predicted molar refractivity (Wildman–Crippen MR) is 169 cm³/mol. The fraction of sp³-hybridized carbons (Fsp3) is 0.714. The van der Waals surface area contributed by atoms with Crippen LogP contribution in [0.4, 0.5) is 9.59 Å². The van der Waals surface area contributed by atoms with E-state index in [-0.39, 0.29) is 22.7 Å². The maximum absolute atomic E-state index is 12.3. The van der Waals surface area contributed by atoms with Crippen LogP contribution in [0.2, 0.25) is 0 Å². The Morgan fingerprint density at radius 2 is 1.47 bits per heavy atom. The third kappa shape index (κ3) is 9.44. The molecule has 1 saturated heterocycles. The van der Waals surface area contributed by atoms with Crippen LogP contribution in [0, 0.1) is 22.7 Å². The van der Waals surface area contributed by atoms with Crippen LogP contribution >= 0.6 is 0 Å². The van der Waals surface area contributed by atoms with Crippen molar-refractivity contribution in [1.82, 2.24) is 0 Å². The lowest BCUT2D eigenvalue weighted by molar-refractivity contribution is -0.250.